The summed E-state index contributed by atoms with van der Waals surface area (Å²) in [7, 11) is 0. The van der Waals surface area contributed by atoms with E-state index >= 15 is 0 Å². The van der Waals surface area contributed by atoms with Gasteiger partial charge in [0.2, 0.25) is 0 Å². The molecule has 0 fully saturated rings. The number of rotatable bonds is 7. The Balaban J connectivity index is 1.52. The van der Waals surface area contributed by atoms with Crippen LogP contribution in [0.15, 0.2) is 75.1 Å². The van der Waals surface area contributed by atoms with Gasteiger partial charge in [-0.1, -0.05) is 41.1 Å². The first-order valence-corrected chi connectivity index (χ1v) is 11.6. The Morgan fingerprint density at radius 1 is 1.16 bits per heavy atom. The van der Waals surface area contributed by atoms with Gasteiger partial charge in [-0.15, -0.1) is 11.8 Å². The number of carbonyl (C=O) groups excluding carboxylic acids is 1. The van der Waals surface area contributed by atoms with Crippen molar-refractivity contribution in [3.8, 4) is 0 Å². The molecule has 2 heterocycles. The van der Waals surface area contributed by atoms with E-state index in [-0.39, 0.29) is 11.5 Å². The fourth-order valence-corrected chi connectivity index (χ4v) is 4.44. The summed E-state index contributed by atoms with van der Waals surface area (Å²) in [5, 5.41) is 2.97. The van der Waals surface area contributed by atoms with Crippen molar-refractivity contribution >= 4 is 45.1 Å². The number of hydrogen-bond donors (Lipinski definition) is 1. The van der Waals surface area contributed by atoms with E-state index in [1.807, 2.05) is 43.3 Å². The summed E-state index contributed by atoms with van der Waals surface area (Å²) in [6, 6.07) is 16.3. The standard InChI is InChI=1S/C22H20BrN5O2S/c1-2-10-27-14-24-22-25-17(12-20(29)28(22)27)13-31-19-9-4-3-8-18(19)26-21(30)15-6-5-7-16(23)11-15/h3-9,11-12,14H,2,10,13H2,1H3,(H,26,30). The molecule has 2 aromatic carbocycles. The number of amides is 1. The molecule has 0 aliphatic heterocycles. The fraction of sp³-hybridized carbons (Fsp3) is 0.182. The van der Waals surface area contributed by atoms with Gasteiger partial charge in [0, 0.05) is 33.3 Å². The lowest BCUT2D eigenvalue weighted by molar-refractivity contribution is 0.102. The molecule has 2 aromatic heterocycles. The molecule has 158 valence electrons. The molecule has 7 nitrogen and oxygen atoms in total. The molecular formula is C22H20BrN5O2S. The zero-order chi connectivity index (χ0) is 21.8. The number of hydrogen-bond acceptors (Lipinski definition) is 5. The molecule has 1 N–H and O–H groups in total. The van der Waals surface area contributed by atoms with Crippen LogP contribution in [-0.2, 0) is 12.3 Å². The first kappa shape index (κ1) is 21.3. The predicted molar refractivity (Wildman–Crippen MR) is 126 cm³/mol. The third-order valence-corrected chi connectivity index (χ3v) is 6.15. The Morgan fingerprint density at radius 3 is 2.81 bits per heavy atom. The number of para-hydroxylation sites is 1. The molecule has 4 aromatic rings. The lowest BCUT2D eigenvalue weighted by atomic mass is 10.2. The number of carbonyl (C=O) groups is 1. The zero-order valence-corrected chi connectivity index (χ0v) is 19.2. The zero-order valence-electron chi connectivity index (χ0n) is 16.8. The van der Waals surface area contributed by atoms with E-state index in [0.29, 0.717) is 35.0 Å². The second kappa shape index (κ2) is 9.49. The third kappa shape index (κ3) is 4.88. The average Bonchev–Trinajstić information content (AvgIpc) is 3.16. The van der Waals surface area contributed by atoms with Crippen LogP contribution in [0.25, 0.3) is 5.78 Å². The monoisotopic (exact) mass is 497 g/mol. The van der Waals surface area contributed by atoms with E-state index in [1.165, 1.54) is 22.3 Å². The van der Waals surface area contributed by atoms with Crippen molar-refractivity contribution in [2.45, 2.75) is 30.5 Å². The summed E-state index contributed by atoms with van der Waals surface area (Å²) in [5.41, 5.74) is 1.77. The highest BCUT2D eigenvalue weighted by atomic mass is 79.9. The first-order valence-electron chi connectivity index (χ1n) is 9.78. The van der Waals surface area contributed by atoms with Crippen LogP contribution in [0.4, 0.5) is 5.69 Å². The highest BCUT2D eigenvalue weighted by Gasteiger charge is 2.12. The van der Waals surface area contributed by atoms with Crippen molar-refractivity contribution in [2.24, 2.45) is 0 Å². The van der Waals surface area contributed by atoms with Crippen molar-refractivity contribution < 1.29 is 4.79 Å². The van der Waals surface area contributed by atoms with Gasteiger partial charge in [0.15, 0.2) is 0 Å². The molecule has 0 bridgehead atoms. The normalized spacial score (nSPS) is 11.0. The van der Waals surface area contributed by atoms with Gasteiger partial charge in [0.05, 0.1) is 11.4 Å². The average molecular weight is 498 g/mol. The summed E-state index contributed by atoms with van der Waals surface area (Å²) in [6.45, 7) is 2.75. The van der Waals surface area contributed by atoms with Crippen LogP contribution in [0.5, 0.6) is 0 Å². The fourth-order valence-electron chi connectivity index (χ4n) is 3.14. The molecule has 9 heteroatoms. The summed E-state index contributed by atoms with van der Waals surface area (Å²) in [4.78, 5) is 34.9. The number of nitrogens with one attached hydrogen (secondary N) is 1. The van der Waals surface area contributed by atoms with Crippen LogP contribution in [0, 0.1) is 0 Å². The Bertz CT molecular complexity index is 1300. The molecule has 0 saturated heterocycles. The highest BCUT2D eigenvalue weighted by Crippen LogP contribution is 2.29. The summed E-state index contributed by atoms with van der Waals surface area (Å²) >= 11 is 4.89. The molecule has 4 rings (SSSR count). The second-order valence-corrected chi connectivity index (χ2v) is 8.79. The lowest BCUT2D eigenvalue weighted by Crippen LogP contribution is -2.21. The molecular weight excluding hydrogens is 478 g/mol. The van der Waals surface area contributed by atoms with Gasteiger partial charge in [0.1, 0.15) is 6.33 Å². The van der Waals surface area contributed by atoms with E-state index in [0.717, 1.165) is 15.8 Å². The molecule has 0 unspecified atom stereocenters. The van der Waals surface area contributed by atoms with Crippen LogP contribution in [-0.4, -0.2) is 25.1 Å². The molecule has 1 amide bonds. The number of nitrogens with zero attached hydrogens (tertiary/aromatic N) is 4. The maximum absolute atomic E-state index is 12.6. The Hall–Kier alpha value is -2.91. The smallest absolute Gasteiger partial charge is 0.274 e. The molecule has 0 radical (unpaired) electrons. The largest absolute Gasteiger partial charge is 0.321 e. The van der Waals surface area contributed by atoms with Crippen molar-refractivity contribution in [3.63, 3.8) is 0 Å². The van der Waals surface area contributed by atoms with Crippen molar-refractivity contribution in [1.29, 1.82) is 0 Å². The predicted octanol–water partition coefficient (Wildman–Crippen LogP) is 4.61. The van der Waals surface area contributed by atoms with Crippen molar-refractivity contribution in [3.05, 3.63) is 87.0 Å². The maximum Gasteiger partial charge on any atom is 0.274 e. The maximum atomic E-state index is 12.6. The summed E-state index contributed by atoms with van der Waals surface area (Å²) in [6.07, 6.45) is 2.54. The van der Waals surface area contributed by atoms with Crippen LogP contribution in [0.2, 0.25) is 0 Å². The summed E-state index contributed by atoms with van der Waals surface area (Å²) < 4.78 is 4.11. The molecule has 0 saturated carbocycles. The van der Waals surface area contributed by atoms with Gasteiger partial charge in [-0.3, -0.25) is 14.3 Å². The molecule has 0 aliphatic rings. The summed E-state index contributed by atoms with van der Waals surface area (Å²) in [5.74, 6) is 0.692. The Labute approximate surface area is 191 Å². The number of anilines is 1. The lowest BCUT2D eigenvalue weighted by Gasteiger charge is -2.11. The van der Waals surface area contributed by atoms with E-state index < -0.39 is 0 Å². The molecule has 0 atom stereocenters. The minimum atomic E-state index is -0.186. The number of benzene rings is 2. The van der Waals surface area contributed by atoms with Gasteiger partial charge in [-0.2, -0.15) is 9.50 Å². The van der Waals surface area contributed by atoms with E-state index in [2.05, 4.69) is 31.2 Å². The minimum absolute atomic E-state index is 0.150. The second-order valence-electron chi connectivity index (χ2n) is 6.85. The number of aromatic nitrogens is 4. The Morgan fingerprint density at radius 2 is 2.00 bits per heavy atom. The Kier molecular flexibility index (Phi) is 6.53. The van der Waals surface area contributed by atoms with E-state index in [4.69, 9.17) is 0 Å². The number of aryl methyl sites for hydroxylation is 1. The first-order chi connectivity index (χ1) is 15.0. The number of fused-ring (bicyclic) bond motifs is 1. The number of thioether (sulfide) groups is 1. The van der Waals surface area contributed by atoms with Gasteiger partial charge in [-0.05, 0) is 36.8 Å². The van der Waals surface area contributed by atoms with Crippen molar-refractivity contribution in [2.75, 3.05) is 5.32 Å². The SMILES string of the molecule is CCCn1cnc2nc(CSc3ccccc3NC(=O)c3cccc(Br)c3)cc(=O)n21. The van der Waals surface area contributed by atoms with Crippen LogP contribution in [0.1, 0.15) is 29.4 Å². The molecule has 0 aliphatic carbocycles. The van der Waals surface area contributed by atoms with E-state index in [1.54, 1.807) is 23.1 Å². The van der Waals surface area contributed by atoms with Gasteiger partial charge >= 0.3 is 0 Å². The highest BCUT2D eigenvalue weighted by molar-refractivity contribution is 9.10. The van der Waals surface area contributed by atoms with Crippen LogP contribution >= 0.6 is 27.7 Å². The molecule has 31 heavy (non-hydrogen) atoms. The third-order valence-electron chi connectivity index (χ3n) is 4.55. The number of halogens is 1. The van der Waals surface area contributed by atoms with Gasteiger partial charge < -0.3 is 5.32 Å². The molecule has 0 spiro atoms. The minimum Gasteiger partial charge on any atom is -0.321 e. The van der Waals surface area contributed by atoms with Crippen molar-refractivity contribution in [1.82, 2.24) is 19.2 Å². The van der Waals surface area contributed by atoms with E-state index in [9.17, 15) is 9.59 Å². The van der Waals surface area contributed by atoms with Crippen LogP contribution in [0.3, 0.4) is 0 Å². The topological polar surface area (TPSA) is 81.3 Å². The van der Waals surface area contributed by atoms with Gasteiger partial charge in [-0.25, -0.2) is 4.98 Å². The van der Waals surface area contributed by atoms with Crippen LogP contribution < -0.4 is 10.9 Å². The quantitative estimate of drug-likeness (QED) is 0.377. The van der Waals surface area contributed by atoms with Gasteiger partial charge in [0.25, 0.3) is 17.2 Å².